The summed E-state index contributed by atoms with van der Waals surface area (Å²) < 4.78 is 25.9. The van der Waals surface area contributed by atoms with Crippen LogP contribution in [-0.4, -0.2) is 58.0 Å². The monoisotopic (exact) mass is 469 g/mol. The number of nitrogens with zero attached hydrogens (tertiary/aromatic N) is 4. The Balaban J connectivity index is 1.36. The second-order valence-corrected chi connectivity index (χ2v) is 8.14. The fourth-order valence-electron chi connectivity index (χ4n) is 4.09. The van der Waals surface area contributed by atoms with Crippen LogP contribution in [0.3, 0.4) is 0 Å². The third-order valence-electron chi connectivity index (χ3n) is 5.84. The highest BCUT2D eigenvalue weighted by Crippen LogP contribution is 2.37. The highest BCUT2D eigenvalue weighted by molar-refractivity contribution is 5.78. The molecule has 0 spiro atoms. The number of methoxy groups -OCH3 is 2. The molecule has 0 bridgehead atoms. The number of carbonyl (C=O) groups is 1. The van der Waals surface area contributed by atoms with Gasteiger partial charge in [-0.25, -0.2) is 4.39 Å². The molecule has 0 aliphatic carbocycles. The maximum Gasteiger partial charge on any atom is 0.224 e. The van der Waals surface area contributed by atoms with Gasteiger partial charge in [-0.15, -0.1) is 10.2 Å². The first-order valence-electron chi connectivity index (χ1n) is 11.0. The molecule has 0 atom stereocenters. The predicted octanol–water partition coefficient (Wildman–Crippen LogP) is 2.06. The van der Waals surface area contributed by atoms with Crippen molar-refractivity contribution >= 4 is 5.91 Å². The average Bonchev–Trinajstić information content (AvgIpc) is 3.10. The maximum absolute atomic E-state index is 13.3. The van der Waals surface area contributed by atoms with Crippen LogP contribution in [0.2, 0.25) is 0 Å². The number of aromatic hydroxyl groups is 1. The Bertz CT molecular complexity index is 1140. The quantitative estimate of drug-likeness (QED) is 0.521. The van der Waals surface area contributed by atoms with E-state index in [9.17, 15) is 14.3 Å². The molecule has 0 unspecified atom stereocenters. The lowest BCUT2D eigenvalue weighted by molar-refractivity contribution is -0.120. The molecule has 0 saturated carbocycles. The zero-order valence-corrected chi connectivity index (χ0v) is 19.3. The van der Waals surface area contributed by atoms with Crippen molar-refractivity contribution in [1.82, 2.24) is 25.0 Å². The van der Waals surface area contributed by atoms with Crippen LogP contribution in [0.15, 0.2) is 36.4 Å². The Hall–Kier alpha value is -3.66. The average molecular weight is 470 g/mol. The number of hydrogen-bond acceptors (Lipinski definition) is 7. The first-order valence-corrected chi connectivity index (χ1v) is 11.0. The van der Waals surface area contributed by atoms with Crippen LogP contribution in [0.5, 0.6) is 17.2 Å². The fraction of sp³-hybridized carbons (Fsp3) is 0.375. The van der Waals surface area contributed by atoms with Crippen LogP contribution in [-0.2, 0) is 37.3 Å². The number of benzene rings is 2. The SMILES string of the molecule is COc1cc(CN2CCc3nnc(CNC(=O)Cc4cccc(F)c4)n3CC2)cc(OC)c1O. The topological polar surface area (TPSA) is 102 Å². The molecule has 3 aromatic rings. The normalized spacial score (nSPS) is 13.7. The minimum Gasteiger partial charge on any atom is -0.502 e. The van der Waals surface area contributed by atoms with Crippen molar-refractivity contribution in [3.05, 3.63) is 65.0 Å². The van der Waals surface area contributed by atoms with Gasteiger partial charge in [0.25, 0.3) is 0 Å². The largest absolute Gasteiger partial charge is 0.502 e. The lowest BCUT2D eigenvalue weighted by atomic mass is 10.1. The van der Waals surface area contributed by atoms with Crippen molar-refractivity contribution in [2.75, 3.05) is 27.3 Å². The summed E-state index contributed by atoms with van der Waals surface area (Å²) in [5.41, 5.74) is 1.59. The fourth-order valence-corrected chi connectivity index (χ4v) is 4.09. The number of rotatable bonds is 8. The Morgan fingerprint density at radius 1 is 1.09 bits per heavy atom. The number of nitrogens with one attached hydrogen (secondary N) is 1. The number of amides is 1. The van der Waals surface area contributed by atoms with E-state index in [1.54, 1.807) is 12.1 Å². The molecule has 1 aromatic heterocycles. The van der Waals surface area contributed by atoms with Crippen LogP contribution in [0.25, 0.3) is 0 Å². The van der Waals surface area contributed by atoms with Gasteiger partial charge in [-0.05, 0) is 35.4 Å². The minimum atomic E-state index is -0.359. The van der Waals surface area contributed by atoms with Gasteiger partial charge in [0.15, 0.2) is 17.3 Å². The summed E-state index contributed by atoms with van der Waals surface area (Å²) in [5.74, 6) is 1.74. The van der Waals surface area contributed by atoms with Gasteiger partial charge in [0.05, 0.1) is 27.2 Å². The molecular formula is C24H28FN5O4. The Morgan fingerprint density at radius 3 is 2.56 bits per heavy atom. The molecule has 0 fully saturated rings. The highest BCUT2D eigenvalue weighted by atomic mass is 19.1. The lowest BCUT2D eigenvalue weighted by Gasteiger charge is -2.21. The van der Waals surface area contributed by atoms with E-state index in [2.05, 4.69) is 20.4 Å². The van der Waals surface area contributed by atoms with E-state index in [4.69, 9.17) is 9.47 Å². The first kappa shape index (κ1) is 23.5. The van der Waals surface area contributed by atoms with Crippen molar-refractivity contribution in [1.29, 1.82) is 0 Å². The zero-order valence-electron chi connectivity index (χ0n) is 19.3. The molecule has 9 nitrogen and oxygen atoms in total. The van der Waals surface area contributed by atoms with Crippen LogP contribution in [0.4, 0.5) is 4.39 Å². The molecule has 2 heterocycles. The standard InChI is InChI=1S/C24H28FN5O4/c1-33-19-11-17(12-20(34-2)24(19)32)15-29-7-6-21-27-28-22(30(21)9-8-29)14-26-23(31)13-16-4-3-5-18(25)10-16/h3-5,10-12,32H,6-9,13-15H2,1-2H3,(H,26,31). The maximum atomic E-state index is 13.3. The minimum absolute atomic E-state index is 0.0140. The number of ether oxygens (including phenoxy) is 2. The molecule has 1 aliphatic rings. The Labute approximate surface area is 197 Å². The molecule has 1 aliphatic heterocycles. The molecule has 10 heteroatoms. The number of phenols is 1. The molecular weight excluding hydrogens is 441 g/mol. The summed E-state index contributed by atoms with van der Waals surface area (Å²) in [4.78, 5) is 14.6. The van der Waals surface area contributed by atoms with Gasteiger partial charge in [-0.2, -0.15) is 0 Å². The molecule has 2 N–H and O–H groups in total. The van der Waals surface area contributed by atoms with Gasteiger partial charge in [-0.3, -0.25) is 9.69 Å². The van der Waals surface area contributed by atoms with Gasteiger partial charge in [0.1, 0.15) is 11.6 Å². The van der Waals surface area contributed by atoms with Gasteiger partial charge < -0.3 is 24.5 Å². The second kappa shape index (κ2) is 10.5. The van der Waals surface area contributed by atoms with E-state index < -0.39 is 0 Å². The molecule has 2 aromatic carbocycles. The molecule has 1 amide bonds. The molecule has 4 rings (SSSR count). The number of halogens is 1. The molecule has 34 heavy (non-hydrogen) atoms. The number of hydrogen-bond donors (Lipinski definition) is 2. The second-order valence-electron chi connectivity index (χ2n) is 8.14. The summed E-state index contributed by atoms with van der Waals surface area (Å²) >= 11 is 0. The van der Waals surface area contributed by atoms with E-state index in [-0.39, 0.29) is 30.4 Å². The van der Waals surface area contributed by atoms with Crippen LogP contribution in [0, 0.1) is 5.82 Å². The van der Waals surface area contributed by atoms with Gasteiger partial charge >= 0.3 is 0 Å². The number of phenolic OH excluding ortho intramolecular Hbond substituents is 1. The third-order valence-corrected chi connectivity index (χ3v) is 5.84. The highest BCUT2D eigenvalue weighted by Gasteiger charge is 2.20. The molecule has 180 valence electrons. The van der Waals surface area contributed by atoms with Crippen molar-refractivity contribution in [3.8, 4) is 17.2 Å². The molecule has 0 radical (unpaired) electrons. The van der Waals surface area contributed by atoms with Crippen LogP contribution < -0.4 is 14.8 Å². The van der Waals surface area contributed by atoms with E-state index in [0.29, 0.717) is 36.0 Å². The van der Waals surface area contributed by atoms with Crippen molar-refractivity contribution in [2.24, 2.45) is 0 Å². The first-order chi connectivity index (χ1) is 16.5. The van der Waals surface area contributed by atoms with E-state index >= 15 is 0 Å². The van der Waals surface area contributed by atoms with E-state index in [1.165, 1.54) is 26.4 Å². The van der Waals surface area contributed by atoms with Crippen LogP contribution >= 0.6 is 0 Å². The summed E-state index contributed by atoms with van der Waals surface area (Å²) in [6.45, 7) is 3.15. The summed E-state index contributed by atoms with van der Waals surface area (Å²) in [5, 5.41) is 21.6. The number of carbonyl (C=O) groups excluding carboxylic acids is 1. The molecule has 0 saturated heterocycles. The van der Waals surface area contributed by atoms with Gasteiger partial charge in [0.2, 0.25) is 11.7 Å². The zero-order chi connectivity index (χ0) is 24.1. The van der Waals surface area contributed by atoms with Gasteiger partial charge in [-0.1, -0.05) is 12.1 Å². The van der Waals surface area contributed by atoms with Gasteiger partial charge in [0, 0.05) is 32.6 Å². The van der Waals surface area contributed by atoms with Crippen molar-refractivity contribution in [2.45, 2.75) is 32.5 Å². The van der Waals surface area contributed by atoms with Crippen molar-refractivity contribution in [3.63, 3.8) is 0 Å². The van der Waals surface area contributed by atoms with E-state index in [0.717, 1.165) is 30.9 Å². The van der Waals surface area contributed by atoms with Crippen LogP contribution in [0.1, 0.15) is 22.8 Å². The third kappa shape index (κ3) is 5.45. The van der Waals surface area contributed by atoms with E-state index in [1.807, 2.05) is 16.7 Å². The number of aromatic nitrogens is 3. The summed E-state index contributed by atoms with van der Waals surface area (Å²) in [6.07, 6.45) is 0.822. The smallest absolute Gasteiger partial charge is 0.224 e. The Morgan fingerprint density at radius 2 is 1.85 bits per heavy atom. The summed E-state index contributed by atoms with van der Waals surface area (Å²) in [7, 11) is 3.02. The van der Waals surface area contributed by atoms with Crippen molar-refractivity contribution < 1.29 is 23.8 Å². The lowest BCUT2D eigenvalue weighted by Crippen LogP contribution is -2.28. The number of fused-ring (bicyclic) bond motifs is 1. The summed E-state index contributed by atoms with van der Waals surface area (Å²) in [6, 6.07) is 9.64. The Kier molecular flexibility index (Phi) is 7.27. The predicted molar refractivity (Wildman–Crippen MR) is 122 cm³/mol.